The van der Waals surface area contributed by atoms with Crippen LogP contribution >= 0.6 is 11.3 Å². The highest BCUT2D eigenvalue weighted by Gasteiger charge is 2.20. The molecule has 0 aliphatic heterocycles. The molecule has 6 heteroatoms. The SMILES string of the molecule is CC(C)(C)C(=O)NCCC(=O)Nc1ncc(Cc2ccccc2)s1. The third kappa shape index (κ3) is 5.77. The van der Waals surface area contributed by atoms with Crippen LogP contribution in [0.2, 0.25) is 0 Å². The number of nitrogens with zero attached hydrogens (tertiary/aromatic N) is 1. The number of nitrogens with one attached hydrogen (secondary N) is 2. The molecule has 0 fully saturated rings. The van der Waals surface area contributed by atoms with Crippen molar-refractivity contribution in [2.45, 2.75) is 33.6 Å². The minimum atomic E-state index is -0.446. The second-order valence-corrected chi connectivity index (χ2v) is 7.71. The maximum Gasteiger partial charge on any atom is 0.227 e. The molecule has 5 nitrogen and oxygen atoms in total. The number of amides is 2. The van der Waals surface area contributed by atoms with Crippen LogP contribution in [0, 0.1) is 5.41 Å². The van der Waals surface area contributed by atoms with Gasteiger partial charge in [-0.2, -0.15) is 0 Å². The van der Waals surface area contributed by atoms with Crippen LogP contribution in [0.25, 0.3) is 0 Å². The van der Waals surface area contributed by atoms with Gasteiger partial charge in [0.05, 0.1) is 0 Å². The first-order valence-corrected chi connectivity index (χ1v) is 8.73. The van der Waals surface area contributed by atoms with Gasteiger partial charge in [-0.05, 0) is 5.56 Å². The second-order valence-electron chi connectivity index (χ2n) is 6.60. The molecule has 2 N–H and O–H groups in total. The van der Waals surface area contributed by atoms with Crippen molar-refractivity contribution in [1.29, 1.82) is 0 Å². The van der Waals surface area contributed by atoms with E-state index in [0.29, 0.717) is 11.7 Å². The minimum Gasteiger partial charge on any atom is -0.355 e. The molecule has 128 valence electrons. The number of carbonyl (C=O) groups excluding carboxylic acids is 2. The summed E-state index contributed by atoms with van der Waals surface area (Å²) >= 11 is 1.47. The van der Waals surface area contributed by atoms with Crippen molar-refractivity contribution >= 4 is 28.3 Å². The van der Waals surface area contributed by atoms with Crippen molar-refractivity contribution < 1.29 is 9.59 Å². The number of thiazole rings is 1. The highest BCUT2D eigenvalue weighted by atomic mass is 32.1. The maximum atomic E-state index is 11.9. The van der Waals surface area contributed by atoms with Gasteiger partial charge >= 0.3 is 0 Å². The predicted octanol–water partition coefficient (Wildman–Crippen LogP) is 3.22. The van der Waals surface area contributed by atoms with E-state index in [1.54, 1.807) is 6.20 Å². The van der Waals surface area contributed by atoms with Gasteiger partial charge in [0.1, 0.15) is 0 Å². The van der Waals surface area contributed by atoms with Gasteiger partial charge in [0.15, 0.2) is 5.13 Å². The van der Waals surface area contributed by atoms with E-state index in [4.69, 9.17) is 0 Å². The zero-order valence-electron chi connectivity index (χ0n) is 14.3. The largest absolute Gasteiger partial charge is 0.355 e. The van der Waals surface area contributed by atoms with Gasteiger partial charge in [-0.15, -0.1) is 11.3 Å². The number of rotatable bonds is 6. The Morgan fingerprint density at radius 1 is 1.17 bits per heavy atom. The molecule has 0 saturated carbocycles. The third-order valence-corrected chi connectivity index (χ3v) is 4.25. The molecule has 2 amide bonds. The lowest BCUT2D eigenvalue weighted by Gasteiger charge is -2.17. The van der Waals surface area contributed by atoms with Crippen LogP contribution in [-0.4, -0.2) is 23.3 Å². The van der Waals surface area contributed by atoms with Crippen LogP contribution in [-0.2, 0) is 16.0 Å². The number of hydrogen-bond donors (Lipinski definition) is 2. The summed E-state index contributed by atoms with van der Waals surface area (Å²) in [6.45, 7) is 5.84. The standard InChI is InChI=1S/C18H23N3O2S/c1-18(2,3)16(23)19-10-9-15(22)21-17-20-12-14(24-17)11-13-7-5-4-6-8-13/h4-8,12H,9-11H2,1-3H3,(H,19,23)(H,20,21,22). The lowest BCUT2D eigenvalue weighted by atomic mass is 9.96. The van der Waals surface area contributed by atoms with Gasteiger partial charge in [0, 0.05) is 35.9 Å². The number of hydrogen-bond acceptors (Lipinski definition) is 4. The Balaban J connectivity index is 1.77. The average Bonchev–Trinajstić information content (AvgIpc) is 2.94. The summed E-state index contributed by atoms with van der Waals surface area (Å²) in [7, 11) is 0. The van der Waals surface area contributed by atoms with E-state index in [0.717, 1.165) is 11.3 Å². The molecule has 0 radical (unpaired) electrons. The zero-order valence-corrected chi connectivity index (χ0v) is 15.1. The molecule has 2 aromatic rings. The van der Waals surface area contributed by atoms with Gasteiger partial charge in [-0.1, -0.05) is 51.1 Å². The fourth-order valence-corrected chi connectivity index (χ4v) is 2.84. The maximum absolute atomic E-state index is 11.9. The fraction of sp³-hybridized carbons (Fsp3) is 0.389. The molecule has 0 aliphatic carbocycles. The van der Waals surface area contributed by atoms with E-state index in [-0.39, 0.29) is 18.2 Å². The molecular weight excluding hydrogens is 322 g/mol. The van der Waals surface area contributed by atoms with Crippen LogP contribution in [0.15, 0.2) is 36.5 Å². The van der Waals surface area contributed by atoms with E-state index < -0.39 is 5.41 Å². The van der Waals surface area contributed by atoms with E-state index in [9.17, 15) is 9.59 Å². The molecule has 0 unspecified atom stereocenters. The van der Waals surface area contributed by atoms with Crippen LogP contribution in [0.4, 0.5) is 5.13 Å². The van der Waals surface area contributed by atoms with Crippen LogP contribution in [0.3, 0.4) is 0 Å². The monoisotopic (exact) mass is 345 g/mol. The Kier molecular flexibility index (Phi) is 6.09. The summed E-state index contributed by atoms with van der Waals surface area (Å²) in [5.74, 6) is -0.209. The normalized spacial score (nSPS) is 11.1. The first kappa shape index (κ1) is 18.1. The lowest BCUT2D eigenvalue weighted by molar-refractivity contribution is -0.128. The topological polar surface area (TPSA) is 71.1 Å². The highest BCUT2D eigenvalue weighted by molar-refractivity contribution is 7.15. The molecule has 1 aromatic carbocycles. The molecule has 0 atom stereocenters. The third-order valence-electron chi connectivity index (χ3n) is 3.34. The fourth-order valence-electron chi connectivity index (χ4n) is 1.98. The molecular formula is C18H23N3O2S. The second kappa shape index (κ2) is 8.06. The molecule has 1 heterocycles. The Bertz CT molecular complexity index is 690. The summed E-state index contributed by atoms with van der Waals surface area (Å²) in [4.78, 5) is 29.0. The molecule has 0 spiro atoms. The van der Waals surface area contributed by atoms with E-state index in [2.05, 4.69) is 27.8 Å². The summed E-state index contributed by atoms with van der Waals surface area (Å²) in [6, 6.07) is 10.1. The zero-order chi connectivity index (χ0) is 17.6. The highest BCUT2D eigenvalue weighted by Crippen LogP contribution is 2.21. The summed E-state index contributed by atoms with van der Waals surface area (Å²) < 4.78 is 0. The Morgan fingerprint density at radius 3 is 2.54 bits per heavy atom. The number of benzene rings is 1. The molecule has 0 bridgehead atoms. The van der Waals surface area contributed by atoms with E-state index in [1.165, 1.54) is 16.9 Å². The van der Waals surface area contributed by atoms with Crippen LogP contribution in [0.5, 0.6) is 0 Å². The van der Waals surface area contributed by atoms with Crippen molar-refractivity contribution in [2.75, 3.05) is 11.9 Å². The first-order chi connectivity index (χ1) is 11.3. The molecule has 2 rings (SSSR count). The van der Waals surface area contributed by atoms with Crippen molar-refractivity contribution in [3.63, 3.8) is 0 Å². The van der Waals surface area contributed by atoms with Crippen molar-refractivity contribution in [1.82, 2.24) is 10.3 Å². The minimum absolute atomic E-state index is 0.0605. The van der Waals surface area contributed by atoms with Gasteiger partial charge < -0.3 is 10.6 Å². The first-order valence-electron chi connectivity index (χ1n) is 7.91. The number of carbonyl (C=O) groups is 2. The number of anilines is 1. The van der Waals surface area contributed by atoms with Gasteiger partial charge in [0.25, 0.3) is 0 Å². The van der Waals surface area contributed by atoms with Gasteiger partial charge in [-0.25, -0.2) is 4.98 Å². The number of aromatic nitrogens is 1. The van der Waals surface area contributed by atoms with E-state index in [1.807, 2.05) is 39.0 Å². The van der Waals surface area contributed by atoms with Gasteiger partial charge in [-0.3, -0.25) is 9.59 Å². The summed E-state index contributed by atoms with van der Waals surface area (Å²) in [5, 5.41) is 6.13. The Labute approximate surface area is 146 Å². The van der Waals surface area contributed by atoms with Crippen molar-refractivity contribution in [3.8, 4) is 0 Å². The lowest BCUT2D eigenvalue weighted by Crippen LogP contribution is -2.36. The van der Waals surface area contributed by atoms with Crippen molar-refractivity contribution in [2.24, 2.45) is 5.41 Å². The summed E-state index contributed by atoms with van der Waals surface area (Å²) in [6.07, 6.45) is 2.82. The quantitative estimate of drug-likeness (QED) is 0.844. The Hall–Kier alpha value is -2.21. The van der Waals surface area contributed by atoms with Crippen molar-refractivity contribution in [3.05, 3.63) is 47.0 Å². The molecule has 0 aliphatic rings. The molecule has 1 aromatic heterocycles. The molecule has 0 saturated heterocycles. The average molecular weight is 345 g/mol. The van der Waals surface area contributed by atoms with Crippen LogP contribution in [0.1, 0.15) is 37.6 Å². The Morgan fingerprint density at radius 2 is 1.88 bits per heavy atom. The van der Waals surface area contributed by atoms with Crippen LogP contribution < -0.4 is 10.6 Å². The predicted molar refractivity (Wildman–Crippen MR) is 97.1 cm³/mol. The molecule has 24 heavy (non-hydrogen) atoms. The van der Waals surface area contributed by atoms with Gasteiger partial charge in [0.2, 0.25) is 11.8 Å². The summed E-state index contributed by atoms with van der Waals surface area (Å²) in [5.41, 5.74) is 0.766. The van der Waals surface area contributed by atoms with E-state index >= 15 is 0 Å². The smallest absolute Gasteiger partial charge is 0.227 e.